The van der Waals surface area contributed by atoms with Gasteiger partial charge in [0.2, 0.25) is 5.78 Å². The van der Waals surface area contributed by atoms with Crippen molar-refractivity contribution in [1.29, 1.82) is 0 Å². The zero-order chi connectivity index (χ0) is 23.7. The van der Waals surface area contributed by atoms with Crippen molar-refractivity contribution in [3.05, 3.63) is 93.4 Å². The molecular weight excluding hydrogens is 468 g/mol. The maximum absolute atomic E-state index is 14.1. The van der Waals surface area contributed by atoms with E-state index in [1.165, 1.54) is 18.2 Å². The van der Waals surface area contributed by atoms with Gasteiger partial charge in [-0.3, -0.25) is 9.59 Å². The molecule has 0 fully saturated rings. The maximum atomic E-state index is 14.1. The van der Waals surface area contributed by atoms with Gasteiger partial charge in [0, 0.05) is 16.0 Å². The first-order chi connectivity index (χ1) is 15.7. The second-order valence-electron chi connectivity index (χ2n) is 7.42. The Bertz CT molecular complexity index is 1380. The van der Waals surface area contributed by atoms with E-state index in [9.17, 15) is 14.0 Å². The fourth-order valence-electron chi connectivity index (χ4n) is 3.23. The summed E-state index contributed by atoms with van der Waals surface area (Å²) in [6, 6.07) is 15.7. The number of furan rings is 1. The van der Waals surface area contributed by atoms with E-state index in [-0.39, 0.29) is 27.8 Å². The van der Waals surface area contributed by atoms with Crippen LogP contribution in [0.3, 0.4) is 0 Å². The predicted octanol–water partition coefficient (Wildman–Crippen LogP) is 6.82. The van der Waals surface area contributed by atoms with Crippen molar-refractivity contribution in [2.75, 3.05) is 5.32 Å². The molecule has 0 aliphatic carbocycles. The molecule has 0 aliphatic heterocycles. The van der Waals surface area contributed by atoms with Crippen LogP contribution in [0.4, 0.5) is 10.1 Å². The highest BCUT2D eigenvalue weighted by Gasteiger charge is 2.26. The first-order valence-corrected chi connectivity index (χ1v) is 10.7. The molecule has 0 saturated carbocycles. The van der Waals surface area contributed by atoms with Crippen molar-refractivity contribution in [2.24, 2.45) is 0 Å². The van der Waals surface area contributed by atoms with E-state index >= 15 is 0 Å². The fourth-order valence-corrected chi connectivity index (χ4v) is 3.69. The lowest BCUT2D eigenvalue weighted by Crippen LogP contribution is -2.30. The minimum absolute atomic E-state index is 0.102. The number of carbonyl (C=O) groups is 2. The normalized spacial score (nSPS) is 11.9. The Kier molecular flexibility index (Phi) is 6.40. The Morgan fingerprint density at radius 3 is 2.55 bits per heavy atom. The topological polar surface area (TPSA) is 68.5 Å². The third-order valence-corrected chi connectivity index (χ3v) is 5.58. The van der Waals surface area contributed by atoms with E-state index in [1.54, 1.807) is 50.2 Å². The zero-order valence-corrected chi connectivity index (χ0v) is 19.1. The second kappa shape index (κ2) is 9.25. The van der Waals surface area contributed by atoms with Gasteiger partial charge in [0.1, 0.15) is 17.1 Å². The third-order valence-electron chi connectivity index (χ3n) is 5.05. The average molecular weight is 486 g/mol. The van der Waals surface area contributed by atoms with Crippen molar-refractivity contribution >= 4 is 51.5 Å². The van der Waals surface area contributed by atoms with Gasteiger partial charge >= 0.3 is 0 Å². The first-order valence-electron chi connectivity index (χ1n) is 9.99. The van der Waals surface area contributed by atoms with Crippen LogP contribution in [0.2, 0.25) is 10.0 Å². The van der Waals surface area contributed by atoms with Crippen LogP contribution in [0, 0.1) is 12.7 Å². The summed E-state index contributed by atoms with van der Waals surface area (Å²) in [7, 11) is 0. The van der Waals surface area contributed by atoms with Gasteiger partial charge in [-0.1, -0.05) is 47.5 Å². The van der Waals surface area contributed by atoms with E-state index in [2.05, 4.69) is 5.32 Å². The molecule has 8 heteroatoms. The summed E-state index contributed by atoms with van der Waals surface area (Å²) in [6.07, 6.45) is -0.961. The van der Waals surface area contributed by atoms with E-state index < -0.39 is 23.6 Å². The summed E-state index contributed by atoms with van der Waals surface area (Å²) in [4.78, 5) is 26.1. The lowest BCUT2D eigenvalue weighted by atomic mass is 10.0. The molecule has 0 radical (unpaired) electrons. The van der Waals surface area contributed by atoms with E-state index in [1.807, 2.05) is 0 Å². The van der Waals surface area contributed by atoms with Gasteiger partial charge in [-0.2, -0.15) is 0 Å². The molecule has 0 bridgehead atoms. The monoisotopic (exact) mass is 485 g/mol. The largest absolute Gasteiger partial charge is 0.479 e. The summed E-state index contributed by atoms with van der Waals surface area (Å²) >= 11 is 12.0. The molecule has 5 nitrogen and oxygen atoms in total. The molecule has 0 saturated heterocycles. The number of fused-ring (bicyclic) bond motifs is 1. The van der Waals surface area contributed by atoms with Gasteiger partial charge in [-0.05, 0) is 55.8 Å². The van der Waals surface area contributed by atoms with Crippen LogP contribution in [0.15, 0.2) is 65.1 Å². The Morgan fingerprint density at radius 1 is 1.06 bits per heavy atom. The Labute approximate surface area is 199 Å². The summed E-state index contributed by atoms with van der Waals surface area (Å²) in [6.45, 7) is 3.14. The highest BCUT2D eigenvalue weighted by Crippen LogP contribution is 2.33. The van der Waals surface area contributed by atoms with Crippen LogP contribution in [0.25, 0.3) is 11.0 Å². The number of halogens is 3. The molecule has 3 aromatic carbocycles. The van der Waals surface area contributed by atoms with Crippen LogP contribution >= 0.6 is 23.2 Å². The average Bonchev–Trinajstić information content (AvgIpc) is 3.15. The van der Waals surface area contributed by atoms with Crippen molar-refractivity contribution < 1.29 is 23.1 Å². The number of aryl methyl sites for hydroxylation is 1. The van der Waals surface area contributed by atoms with Gasteiger partial charge < -0.3 is 14.5 Å². The lowest BCUT2D eigenvalue weighted by Gasteiger charge is -2.16. The molecule has 1 amide bonds. The number of ether oxygens (including phenoxy) is 1. The van der Waals surface area contributed by atoms with Crippen LogP contribution in [-0.4, -0.2) is 17.8 Å². The molecule has 4 rings (SSSR count). The molecular formula is C25H18Cl2FNO4. The summed E-state index contributed by atoms with van der Waals surface area (Å²) in [5.74, 6) is -1.42. The Hall–Kier alpha value is -3.35. The predicted molar refractivity (Wildman–Crippen MR) is 126 cm³/mol. The molecule has 0 aliphatic rings. The lowest BCUT2D eigenvalue weighted by molar-refractivity contribution is -0.122. The van der Waals surface area contributed by atoms with Gasteiger partial charge in [0.05, 0.1) is 10.7 Å². The second-order valence-corrected chi connectivity index (χ2v) is 8.26. The molecule has 0 spiro atoms. The molecule has 1 unspecified atom stereocenters. The molecule has 33 heavy (non-hydrogen) atoms. The Balaban J connectivity index is 1.65. The van der Waals surface area contributed by atoms with Crippen molar-refractivity contribution in [3.63, 3.8) is 0 Å². The smallest absolute Gasteiger partial charge is 0.265 e. The van der Waals surface area contributed by atoms with Crippen LogP contribution in [-0.2, 0) is 4.79 Å². The summed E-state index contributed by atoms with van der Waals surface area (Å²) in [5, 5.41) is 3.94. The Morgan fingerprint density at radius 2 is 1.82 bits per heavy atom. The number of rotatable bonds is 6. The summed E-state index contributed by atoms with van der Waals surface area (Å²) in [5.41, 5.74) is 1.10. The highest BCUT2D eigenvalue weighted by atomic mass is 35.5. The van der Waals surface area contributed by atoms with E-state index in [0.29, 0.717) is 21.6 Å². The van der Waals surface area contributed by atoms with Crippen molar-refractivity contribution in [1.82, 2.24) is 0 Å². The SMILES string of the molecule is Cc1ccc(C(=O)c2oc3ccccc3c2NC(=O)C(C)Oc2ccc(Cl)cc2Cl)cc1F. The van der Waals surface area contributed by atoms with Gasteiger partial charge in [-0.25, -0.2) is 4.39 Å². The quantitative estimate of drug-likeness (QED) is 0.304. The van der Waals surface area contributed by atoms with E-state index in [4.69, 9.17) is 32.4 Å². The fraction of sp³-hybridized carbons (Fsp3) is 0.120. The van der Waals surface area contributed by atoms with Crippen molar-refractivity contribution in [2.45, 2.75) is 20.0 Å². The third kappa shape index (κ3) is 4.72. The highest BCUT2D eigenvalue weighted by molar-refractivity contribution is 6.35. The van der Waals surface area contributed by atoms with Crippen LogP contribution in [0.1, 0.15) is 28.6 Å². The number of ketones is 1. The van der Waals surface area contributed by atoms with Crippen LogP contribution in [0.5, 0.6) is 5.75 Å². The number of hydrogen-bond donors (Lipinski definition) is 1. The number of para-hydroxylation sites is 1. The zero-order valence-electron chi connectivity index (χ0n) is 17.6. The number of nitrogens with one attached hydrogen (secondary N) is 1. The van der Waals surface area contributed by atoms with Gasteiger partial charge in [-0.15, -0.1) is 0 Å². The molecule has 1 N–H and O–H groups in total. The summed E-state index contributed by atoms with van der Waals surface area (Å²) < 4.78 is 25.5. The maximum Gasteiger partial charge on any atom is 0.265 e. The first kappa shape index (κ1) is 22.8. The van der Waals surface area contributed by atoms with Gasteiger partial charge in [0.25, 0.3) is 5.91 Å². The minimum atomic E-state index is -0.961. The standard InChI is InChI=1S/C25H18Cl2FNO4/c1-13-7-8-15(11-19(13)28)23(30)24-22(17-5-3-4-6-20(17)33-24)29-25(31)14(2)32-21-10-9-16(26)12-18(21)27/h3-12,14H,1-2H3,(H,29,31). The number of hydrogen-bond acceptors (Lipinski definition) is 4. The molecule has 1 atom stereocenters. The number of carbonyl (C=O) groups excluding carboxylic acids is 2. The molecule has 1 aromatic heterocycles. The van der Waals surface area contributed by atoms with Crippen molar-refractivity contribution in [3.8, 4) is 5.75 Å². The minimum Gasteiger partial charge on any atom is -0.479 e. The molecule has 168 valence electrons. The number of benzene rings is 3. The van der Waals surface area contributed by atoms with Crippen LogP contribution < -0.4 is 10.1 Å². The molecule has 1 heterocycles. The van der Waals surface area contributed by atoms with Gasteiger partial charge in [0.15, 0.2) is 11.9 Å². The number of amides is 1. The molecule has 4 aromatic rings. The van der Waals surface area contributed by atoms with E-state index in [0.717, 1.165) is 6.07 Å². The number of anilines is 1.